The van der Waals surface area contributed by atoms with Gasteiger partial charge in [0, 0.05) is 10.6 Å². The molecule has 0 radical (unpaired) electrons. The van der Waals surface area contributed by atoms with E-state index in [1.807, 2.05) is 30.3 Å². The van der Waals surface area contributed by atoms with Gasteiger partial charge in [0.1, 0.15) is 0 Å². The SMILES string of the molecule is O=c1/c(=C/c2cccc(Cl)c2)sc2nnc(-c3ccccc3Cl)n12. The van der Waals surface area contributed by atoms with Crippen molar-refractivity contribution < 1.29 is 0 Å². The van der Waals surface area contributed by atoms with Gasteiger partial charge >= 0.3 is 0 Å². The van der Waals surface area contributed by atoms with Crippen LogP contribution in [0.25, 0.3) is 22.4 Å². The maximum atomic E-state index is 12.8. The van der Waals surface area contributed by atoms with E-state index in [1.165, 1.54) is 15.7 Å². The number of aromatic nitrogens is 3. The van der Waals surface area contributed by atoms with E-state index in [4.69, 9.17) is 23.2 Å². The number of hydrogen-bond donors (Lipinski definition) is 0. The summed E-state index contributed by atoms with van der Waals surface area (Å²) in [5.41, 5.74) is 1.36. The summed E-state index contributed by atoms with van der Waals surface area (Å²) < 4.78 is 2.05. The third-order valence-electron chi connectivity index (χ3n) is 3.51. The Bertz CT molecular complexity index is 1170. The van der Waals surface area contributed by atoms with Gasteiger partial charge in [0.2, 0.25) is 4.96 Å². The zero-order valence-electron chi connectivity index (χ0n) is 12.1. The summed E-state index contributed by atoms with van der Waals surface area (Å²) >= 11 is 13.5. The van der Waals surface area contributed by atoms with Crippen molar-refractivity contribution in [3.63, 3.8) is 0 Å². The lowest BCUT2D eigenvalue weighted by atomic mass is 10.2. The quantitative estimate of drug-likeness (QED) is 0.538. The van der Waals surface area contributed by atoms with Crippen molar-refractivity contribution in [3.05, 3.63) is 79.0 Å². The molecule has 24 heavy (non-hydrogen) atoms. The number of rotatable bonds is 2. The van der Waals surface area contributed by atoms with Gasteiger partial charge in [0.05, 0.1) is 9.55 Å². The van der Waals surface area contributed by atoms with Crippen molar-refractivity contribution in [2.75, 3.05) is 0 Å². The second-order valence-corrected chi connectivity index (χ2v) is 6.94. The third-order valence-corrected chi connectivity index (χ3v) is 5.03. The van der Waals surface area contributed by atoms with Crippen LogP contribution in [0.5, 0.6) is 0 Å². The highest BCUT2D eigenvalue weighted by atomic mass is 35.5. The van der Waals surface area contributed by atoms with Gasteiger partial charge in [0.15, 0.2) is 5.82 Å². The first kappa shape index (κ1) is 15.3. The van der Waals surface area contributed by atoms with Crippen LogP contribution in [0.3, 0.4) is 0 Å². The van der Waals surface area contributed by atoms with Crippen LogP contribution in [0, 0.1) is 0 Å². The summed E-state index contributed by atoms with van der Waals surface area (Å²) in [5, 5.41) is 9.36. The first-order chi connectivity index (χ1) is 11.6. The van der Waals surface area contributed by atoms with E-state index in [0.29, 0.717) is 30.9 Å². The molecular formula is C17H9Cl2N3OS. The molecule has 0 N–H and O–H groups in total. The molecule has 0 unspecified atom stereocenters. The van der Waals surface area contributed by atoms with Gasteiger partial charge in [-0.3, -0.25) is 4.79 Å². The zero-order valence-corrected chi connectivity index (χ0v) is 14.4. The van der Waals surface area contributed by atoms with Gasteiger partial charge in [-0.1, -0.05) is 58.8 Å². The molecule has 0 atom stereocenters. The molecule has 0 amide bonds. The summed E-state index contributed by atoms with van der Waals surface area (Å²) in [6, 6.07) is 14.6. The fraction of sp³-hybridized carbons (Fsp3) is 0. The summed E-state index contributed by atoms with van der Waals surface area (Å²) in [7, 11) is 0. The zero-order chi connectivity index (χ0) is 16.7. The predicted molar refractivity (Wildman–Crippen MR) is 97.8 cm³/mol. The Morgan fingerprint density at radius 2 is 1.88 bits per heavy atom. The molecule has 0 fully saturated rings. The number of hydrogen-bond acceptors (Lipinski definition) is 4. The van der Waals surface area contributed by atoms with Gasteiger partial charge in [-0.2, -0.15) is 0 Å². The summed E-state index contributed by atoms with van der Waals surface area (Å²) in [4.78, 5) is 13.3. The standard InChI is InChI=1S/C17H9Cl2N3OS/c18-11-5-3-4-10(8-11)9-14-16(23)22-15(20-21-17(22)24-14)12-6-1-2-7-13(12)19/h1-9H/b14-9-. The largest absolute Gasteiger partial charge is 0.276 e. The molecule has 4 nitrogen and oxygen atoms in total. The van der Waals surface area contributed by atoms with E-state index in [9.17, 15) is 4.79 Å². The molecule has 0 aliphatic rings. The molecule has 0 bridgehead atoms. The molecule has 4 aromatic rings. The number of fused-ring (bicyclic) bond motifs is 1. The third kappa shape index (κ3) is 2.60. The van der Waals surface area contributed by atoms with Crippen molar-refractivity contribution >= 4 is 45.6 Å². The van der Waals surface area contributed by atoms with Crippen LogP contribution in [0.4, 0.5) is 0 Å². The molecule has 118 valence electrons. The van der Waals surface area contributed by atoms with Gasteiger partial charge in [-0.15, -0.1) is 10.2 Å². The van der Waals surface area contributed by atoms with Crippen LogP contribution < -0.4 is 10.1 Å². The normalized spacial score (nSPS) is 12.2. The Kier molecular flexibility index (Phi) is 3.84. The molecule has 2 heterocycles. The van der Waals surface area contributed by atoms with E-state index < -0.39 is 0 Å². The second kappa shape index (κ2) is 6.02. The van der Waals surface area contributed by atoms with Gasteiger partial charge in [0.25, 0.3) is 5.56 Å². The minimum absolute atomic E-state index is 0.171. The number of thiazole rings is 1. The van der Waals surface area contributed by atoms with E-state index in [0.717, 1.165) is 5.56 Å². The van der Waals surface area contributed by atoms with E-state index in [-0.39, 0.29) is 5.56 Å². The molecule has 0 saturated carbocycles. The lowest BCUT2D eigenvalue weighted by Crippen LogP contribution is -2.23. The highest BCUT2D eigenvalue weighted by molar-refractivity contribution is 7.15. The summed E-state index contributed by atoms with van der Waals surface area (Å²) in [5.74, 6) is 0.447. The fourth-order valence-corrected chi connectivity index (χ4v) is 3.76. The van der Waals surface area contributed by atoms with Crippen LogP contribution >= 0.6 is 34.5 Å². The Balaban J connectivity index is 1.95. The van der Waals surface area contributed by atoms with Crippen molar-refractivity contribution in [2.24, 2.45) is 0 Å². The van der Waals surface area contributed by atoms with Gasteiger partial charge < -0.3 is 0 Å². The van der Waals surface area contributed by atoms with Crippen molar-refractivity contribution in [3.8, 4) is 11.4 Å². The number of nitrogens with zero attached hydrogens (tertiary/aromatic N) is 3. The molecule has 2 aromatic heterocycles. The molecular weight excluding hydrogens is 365 g/mol. The Morgan fingerprint density at radius 3 is 2.67 bits per heavy atom. The molecule has 2 aromatic carbocycles. The molecule has 0 saturated heterocycles. The predicted octanol–water partition coefficient (Wildman–Crippen LogP) is 3.67. The lowest BCUT2D eigenvalue weighted by molar-refractivity contribution is 1.09. The molecule has 7 heteroatoms. The van der Waals surface area contributed by atoms with Crippen LogP contribution in [0.1, 0.15) is 5.56 Å². The van der Waals surface area contributed by atoms with Gasteiger partial charge in [-0.25, -0.2) is 4.40 Å². The Hall–Kier alpha value is -2.21. The minimum Gasteiger partial charge on any atom is -0.267 e. The molecule has 0 aliphatic heterocycles. The monoisotopic (exact) mass is 373 g/mol. The van der Waals surface area contributed by atoms with Gasteiger partial charge in [-0.05, 0) is 35.9 Å². The second-order valence-electron chi connectivity index (χ2n) is 5.09. The number of benzene rings is 2. The van der Waals surface area contributed by atoms with Crippen molar-refractivity contribution in [1.29, 1.82) is 0 Å². The Labute approximate surface area is 150 Å². The average molecular weight is 374 g/mol. The van der Waals surface area contributed by atoms with Crippen molar-refractivity contribution in [2.45, 2.75) is 0 Å². The van der Waals surface area contributed by atoms with Crippen LogP contribution in [0.2, 0.25) is 10.0 Å². The minimum atomic E-state index is -0.171. The maximum absolute atomic E-state index is 12.8. The number of halogens is 2. The van der Waals surface area contributed by atoms with E-state index in [1.54, 1.807) is 24.3 Å². The topological polar surface area (TPSA) is 47.3 Å². The van der Waals surface area contributed by atoms with Crippen LogP contribution in [0.15, 0.2) is 53.3 Å². The van der Waals surface area contributed by atoms with E-state index >= 15 is 0 Å². The lowest BCUT2D eigenvalue weighted by Gasteiger charge is -1.99. The highest BCUT2D eigenvalue weighted by Crippen LogP contribution is 2.25. The summed E-state index contributed by atoms with van der Waals surface area (Å²) in [6.07, 6.45) is 1.80. The fourth-order valence-electron chi connectivity index (χ4n) is 2.43. The van der Waals surface area contributed by atoms with Crippen molar-refractivity contribution in [1.82, 2.24) is 14.6 Å². The van der Waals surface area contributed by atoms with Crippen LogP contribution in [-0.4, -0.2) is 14.6 Å². The highest BCUT2D eigenvalue weighted by Gasteiger charge is 2.15. The smallest absolute Gasteiger partial charge is 0.267 e. The molecule has 0 aliphatic carbocycles. The van der Waals surface area contributed by atoms with E-state index in [2.05, 4.69) is 10.2 Å². The Morgan fingerprint density at radius 1 is 1.04 bits per heavy atom. The summed E-state index contributed by atoms with van der Waals surface area (Å²) in [6.45, 7) is 0. The first-order valence-corrected chi connectivity index (χ1v) is 8.61. The van der Waals surface area contributed by atoms with Crippen LogP contribution in [-0.2, 0) is 0 Å². The molecule has 4 rings (SSSR count). The average Bonchev–Trinajstić information content (AvgIpc) is 3.09. The molecule has 0 spiro atoms. The maximum Gasteiger partial charge on any atom is 0.276 e. The first-order valence-electron chi connectivity index (χ1n) is 7.03.